The van der Waals surface area contributed by atoms with Crippen molar-refractivity contribution in [3.8, 4) is 0 Å². The Morgan fingerprint density at radius 1 is 1.24 bits per heavy atom. The van der Waals surface area contributed by atoms with Gasteiger partial charge in [0.05, 0.1) is 18.6 Å². The van der Waals surface area contributed by atoms with Gasteiger partial charge in [0.1, 0.15) is 0 Å². The molecule has 2 rings (SSSR count). The Labute approximate surface area is 192 Å². The highest BCUT2D eigenvalue weighted by Crippen LogP contribution is 2.19. The third-order valence-corrected chi connectivity index (χ3v) is 4.95. The normalized spacial score (nSPS) is 16.1. The number of rotatable bonds is 9. The van der Waals surface area contributed by atoms with E-state index in [1.807, 2.05) is 25.1 Å². The van der Waals surface area contributed by atoms with Crippen LogP contribution in [0.5, 0.6) is 0 Å². The fourth-order valence-electron chi connectivity index (χ4n) is 3.34. The van der Waals surface area contributed by atoms with Crippen LogP contribution in [0.3, 0.4) is 0 Å². The largest absolute Gasteiger partial charge is 0.466 e. The number of aliphatic imine (C=N–C) groups is 1. The summed E-state index contributed by atoms with van der Waals surface area (Å²) in [7, 11) is 0. The molecule has 29 heavy (non-hydrogen) atoms. The molecular formula is C22H36IN3O3. The first-order valence-electron chi connectivity index (χ1n) is 10.5. The highest BCUT2D eigenvalue weighted by Gasteiger charge is 2.27. The number of nitrogens with zero attached hydrogens (tertiary/aromatic N) is 2. The lowest BCUT2D eigenvalue weighted by atomic mass is 9.97. The summed E-state index contributed by atoms with van der Waals surface area (Å²) >= 11 is 0. The average molecular weight is 517 g/mol. The molecule has 0 aliphatic carbocycles. The molecule has 1 aliphatic rings. The molecule has 0 bridgehead atoms. The topological polar surface area (TPSA) is 63.2 Å². The number of ether oxygens (including phenoxy) is 2. The lowest BCUT2D eigenvalue weighted by molar-refractivity contribution is -0.149. The lowest BCUT2D eigenvalue weighted by Gasteiger charge is -2.33. The van der Waals surface area contributed by atoms with Crippen LogP contribution >= 0.6 is 24.0 Å². The van der Waals surface area contributed by atoms with Crippen LogP contribution in [0.25, 0.3) is 0 Å². The average Bonchev–Trinajstić information content (AvgIpc) is 2.73. The maximum Gasteiger partial charge on any atom is 0.309 e. The van der Waals surface area contributed by atoms with E-state index in [1.165, 1.54) is 5.56 Å². The zero-order valence-electron chi connectivity index (χ0n) is 17.9. The number of hydrogen-bond acceptors (Lipinski definition) is 4. The van der Waals surface area contributed by atoms with E-state index >= 15 is 0 Å². The van der Waals surface area contributed by atoms with Gasteiger partial charge in [-0.1, -0.05) is 30.3 Å². The van der Waals surface area contributed by atoms with Crippen molar-refractivity contribution in [3.05, 3.63) is 35.9 Å². The predicted octanol–water partition coefficient (Wildman–Crippen LogP) is 4.01. The highest BCUT2D eigenvalue weighted by molar-refractivity contribution is 14.0. The van der Waals surface area contributed by atoms with E-state index in [9.17, 15) is 4.79 Å². The minimum absolute atomic E-state index is 0. The molecule has 1 unspecified atom stereocenters. The van der Waals surface area contributed by atoms with Gasteiger partial charge in [0.15, 0.2) is 5.96 Å². The number of halogens is 1. The number of nitrogens with one attached hydrogen (secondary N) is 1. The fourth-order valence-corrected chi connectivity index (χ4v) is 3.34. The summed E-state index contributed by atoms with van der Waals surface area (Å²) in [4.78, 5) is 18.9. The number of guanidine groups is 1. The first-order chi connectivity index (χ1) is 13.7. The van der Waals surface area contributed by atoms with Crippen molar-refractivity contribution in [2.24, 2.45) is 10.9 Å². The van der Waals surface area contributed by atoms with E-state index in [4.69, 9.17) is 14.5 Å². The third kappa shape index (κ3) is 8.90. The molecule has 0 spiro atoms. The first kappa shape index (κ1) is 25.7. The van der Waals surface area contributed by atoms with Crippen LogP contribution < -0.4 is 5.32 Å². The maximum atomic E-state index is 11.9. The summed E-state index contributed by atoms with van der Waals surface area (Å²) in [6.45, 7) is 10.4. The highest BCUT2D eigenvalue weighted by atomic mass is 127. The van der Waals surface area contributed by atoms with Gasteiger partial charge in [-0.25, -0.2) is 0 Å². The Morgan fingerprint density at radius 3 is 2.55 bits per heavy atom. The molecule has 1 saturated heterocycles. The van der Waals surface area contributed by atoms with E-state index < -0.39 is 0 Å². The molecular weight excluding hydrogens is 481 g/mol. The Bertz CT molecular complexity index is 605. The molecule has 1 heterocycles. The number of carbonyl (C=O) groups is 1. The summed E-state index contributed by atoms with van der Waals surface area (Å²) in [5.41, 5.74) is 1.20. The van der Waals surface area contributed by atoms with E-state index in [0.717, 1.165) is 51.4 Å². The van der Waals surface area contributed by atoms with Crippen LogP contribution in [0, 0.1) is 5.92 Å². The number of carbonyl (C=O) groups excluding carboxylic acids is 1. The van der Waals surface area contributed by atoms with Crippen LogP contribution in [-0.2, 0) is 14.3 Å². The fraction of sp³-hybridized carbons (Fsp3) is 0.636. The van der Waals surface area contributed by atoms with Crippen LogP contribution in [0.1, 0.15) is 51.7 Å². The van der Waals surface area contributed by atoms with E-state index in [-0.39, 0.29) is 42.0 Å². The van der Waals surface area contributed by atoms with Gasteiger partial charge in [0, 0.05) is 32.8 Å². The van der Waals surface area contributed by atoms with Crippen molar-refractivity contribution in [2.45, 2.75) is 46.1 Å². The molecule has 1 fully saturated rings. The Kier molecular flexibility index (Phi) is 12.9. The van der Waals surface area contributed by atoms with E-state index in [0.29, 0.717) is 13.2 Å². The van der Waals surface area contributed by atoms with Gasteiger partial charge in [-0.3, -0.25) is 9.79 Å². The van der Waals surface area contributed by atoms with Crippen molar-refractivity contribution < 1.29 is 14.3 Å². The summed E-state index contributed by atoms with van der Waals surface area (Å²) in [6.07, 6.45) is 2.62. The quantitative estimate of drug-likeness (QED) is 0.176. The smallest absolute Gasteiger partial charge is 0.309 e. The molecule has 7 heteroatoms. The van der Waals surface area contributed by atoms with Crippen LogP contribution in [0.2, 0.25) is 0 Å². The summed E-state index contributed by atoms with van der Waals surface area (Å²) in [5, 5.41) is 3.37. The predicted molar refractivity (Wildman–Crippen MR) is 128 cm³/mol. The van der Waals surface area contributed by atoms with Crippen molar-refractivity contribution in [1.82, 2.24) is 10.2 Å². The van der Waals surface area contributed by atoms with Crippen LogP contribution in [-0.4, -0.2) is 56.2 Å². The van der Waals surface area contributed by atoms with Crippen molar-refractivity contribution in [2.75, 3.05) is 39.4 Å². The Morgan fingerprint density at radius 2 is 1.93 bits per heavy atom. The van der Waals surface area contributed by atoms with Gasteiger partial charge in [0.25, 0.3) is 0 Å². The van der Waals surface area contributed by atoms with Gasteiger partial charge in [-0.15, -0.1) is 24.0 Å². The molecule has 6 nitrogen and oxygen atoms in total. The number of hydrogen-bond donors (Lipinski definition) is 1. The number of benzene rings is 1. The van der Waals surface area contributed by atoms with Crippen molar-refractivity contribution in [1.29, 1.82) is 0 Å². The second-order valence-electron chi connectivity index (χ2n) is 7.03. The maximum absolute atomic E-state index is 11.9. The second kappa shape index (κ2) is 14.6. The Hall–Kier alpha value is -1.35. The first-order valence-corrected chi connectivity index (χ1v) is 10.5. The van der Waals surface area contributed by atoms with Crippen LogP contribution in [0.15, 0.2) is 35.3 Å². The van der Waals surface area contributed by atoms with Crippen molar-refractivity contribution in [3.63, 3.8) is 0 Å². The second-order valence-corrected chi connectivity index (χ2v) is 7.03. The van der Waals surface area contributed by atoms with Gasteiger partial charge < -0.3 is 19.7 Å². The van der Waals surface area contributed by atoms with Gasteiger partial charge in [-0.05, 0) is 45.6 Å². The number of likely N-dealkylation sites (tertiary alicyclic amines) is 1. The molecule has 0 amide bonds. The molecule has 0 saturated carbocycles. The van der Waals surface area contributed by atoms with Crippen LogP contribution in [0.4, 0.5) is 0 Å². The molecule has 0 aromatic heterocycles. The molecule has 1 aromatic carbocycles. The lowest BCUT2D eigenvalue weighted by Crippen LogP contribution is -2.46. The molecule has 1 aliphatic heterocycles. The zero-order valence-corrected chi connectivity index (χ0v) is 20.3. The minimum Gasteiger partial charge on any atom is -0.466 e. The summed E-state index contributed by atoms with van der Waals surface area (Å²) < 4.78 is 11.1. The Balaban J connectivity index is 0.00000420. The monoisotopic (exact) mass is 517 g/mol. The third-order valence-electron chi connectivity index (χ3n) is 4.95. The number of piperidine rings is 1. The van der Waals surface area contributed by atoms with E-state index in [2.05, 4.69) is 36.2 Å². The molecule has 1 atom stereocenters. The van der Waals surface area contributed by atoms with E-state index in [1.54, 1.807) is 0 Å². The molecule has 1 N–H and O–H groups in total. The SMILES string of the molecule is CCNC(=NCCCOC(C)c1ccccc1)N1CCC(C(=O)OCC)CC1.I. The van der Waals surface area contributed by atoms with Gasteiger partial charge >= 0.3 is 5.97 Å². The zero-order chi connectivity index (χ0) is 20.2. The van der Waals surface area contributed by atoms with Gasteiger partial charge in [0.2, 0.25) is 0 Å². The summed E-state index contributed by atoms with van der Waals surface area (Å²) in [6, 6.07) is 10.3. The standard InChI is InChI=1S/C22H35N3O3.HI/c1-4-23-22(25-15-12-20(13-16-25)21(26)27-5-2)24-14-9-17-28-18(3)19-10-7-6-8-11-19;/h6-8,10-11,18,20H,4-5,9,12-17H2,1-3H3,(H,23,24);1H. The number of esters is 1. The minimum atomic E-state index is -0.0613. The van der Waals surface area contributed by atoms with Crippen molar-refractivity contribution >= 4 is 35.9 Å². The molecule has 1 aromatic rings. The molecule has 0 radical (unpaired) electrons. The molecule has 164 valence electrons. The van der Waals surface area contributed by atoms with Gasteiger partial charge in [-0.2, -0.15) is 0 Å². The summed E-state index contributed by atoms with van der Waals surface area (Å²) in [5.74, 6) is 0.890.